The van der Waals surface area contributed by atoms with Crippen molar-refractivity contribution in [3.63, 3.8) is 0 Å². The van der Waals surface area contributed by atoms with E-state index in [0.29, 0.717) is 25.9 Å². The van der Waals surface area contributed by atoms with Crippen molar-refractivity contribution in [2.75, 3.05) is 19.6 Å². The van der Waals surface area contributed by atoms with Crippen LogP contribution in [0.3, 0.4) is 0 Å². The van der Waals surface area contributed by atoms with E-state index in [1.165, 1.54) is 4.31 Å². The lowest BCUT2D eigenvalue weighted by molar-refractivity contribution is -0.137. The number of aliphatic carboxylic acids is 1. The third-order valence-corrected chi connectivity index (χ3v) is 4.60. The zero-order chi connectivity index (χ0) is 14.3. The summed E-state index contributed by atoms with van der Waals surface area (Å²) in [6.45, 7) is 7.49. The second kappa shape index (κ2) is 7.70. The van der Waals surface area contributed by atoms with Gasteiger partial charge < -0.3 is 5.11 Å². The fourth-order valence-electron chi connectivity index (χ4n) is 1.65. The minimum atomic E-state index is -3.70. The van der Waals surface area contributed by atoms with Gasteiger partial charge in [-0.25, -0.2) is 0 Å². The van der Waals surface area contributed by atoms with E-state index in [0.717, 1.165) is 4.31 Å². The molecule has 7 heteroatoms. The predicted octanol–water partition coefficient (Wildman–Crippen LogP) is 1.15. The van der Waals surface area contributed by atoms with Gasteiger partial charge in [0.15, 0.2) is 0 Å². The van der Waals surface area contributed by atoms with Crippen molar-refractivity contribution < 1.29 is 18.3 Å². The monoisotopic (exact) mass is 280 g/mol. The summed E-state index contributed by atoms with van der Waals surface area (Å²) in [5.41, 5.74) is 0. The Kier molecular flexibility index (Phi) is 7.42. The van der Waals surface area contributed by atoms with Gasteiger partial charge in [-0.2, -0.15) is 17.0 Å². The zero-order valence-electron chi connectivity index (χ0n) is 11.6. The van der Waals surface area contributed by atoms with Gasteiger partial charge in [-0.05, 0) is 26.7 Å². The second-order valence-corrected chi connectivity index (χ2v) is 6.32. The molecule has 0 saturated carbocycles. The molecular weight excluding hydrogens is 256 g/mol. The first-order chi connectivity index (χ1) is 8.27. The van der Waals surface area contributed by atoms with E-state index in [4.69, 9.17) is 5.11 Å². The summed E-state index contributed by atoms with van der Waals surface area (Å²) in [6, 6.07) is -0.373. The van der Waals surface area contributed by atoms with Crippen LogP contribution in [0.2, 0.25) is 0 Å². The lowest BCUT2D eigenvalue weighted by Crippen LogP contribution is -2.49. The summed E-state index contributed by atoms with van der Waals surface area (Å²) in [5.74, 6) is -1.14. The van der Waals surface area contributed by atoms with Crippen LogP contribution in [-0.4, -0.2) is 53.8 Å². The molecule has 0 aliphatic heterocycles. The number of rotatable bonds is 9. The Morgan fingerprint density at radius 1 is 1.17 bits per heavy atom. The fraction of sp³-hybridized carbons (Fsp3) is 0.909. The molecule has 108 valence electrons. The smallest absolute Gasteiger partial charge is 0.318 e. The predicted molar refractivity (Wildman–Crippen MR) is 70.6 cm³/mol. The summed E-state index contributed by atoms with van der Waals surface area (Å²) in [5, 5.41) is 8.81. The average molecular weight is 280 g/mol. The summed E-state index contributed by atoms with van der Waals surface area (Å²) < 4.78 is 27.1. The van der Waals surface area contributed by atoms with E-state index in [1.54, 1.807) is 13.8 Å². The van der Waals surface area contributed by atoms with Crippen molar-refractivity contribution in [2.24, 2.45) is 0 Å². The van der Waals surface area contributed by atoms with Gasteiger partial charge in [0.2, 0.25) is 0 Å². The highest BCUT2D eigenvalue weighted by Crippen LogP contribution is 2.13. The maximum absolute atomic E-state index is 12.4. The van der Waals surface area contributed by atoms with E-state index < -0.39 is 22.7 Å². The van der Waals surface area contributed by atoms with Crippen molar-refractivity contribution >= 4 is 16.2 Å². The quantitative estimate of drug-likeness (QED) is 0.687. The first kappa shape index (κ1) is 17.3. The van der Waals surface area contributed by atoms with Gasteiger partial charge in [0.05, 0.1) is 0 Å². The van der Waals surface area contributed by atoms with E-state index in [1.807, 2.05) is 13.8 Å². The summed E-state index contributed by atoms with van der Waals surface area (Å²) in [7, 11) is -3.70. The number of nitrogens with zero attached hydrogens (tertiary/aromatic N) is 2. The summed E-state index contributed by atoms with van der Waals surface area (Å²) in [4.78, 5) is 10.8. The van der Waals surface area contributed by atoms with Crippen LogP contribution in [0, 0.1) is 0 Å². The minimum absolute atomic E-state index is 0.373. The van der Waals surface area contributed by atoms with Crippen LogP contribution in [0.25, 0.3) is 0 Å². The molecule has 0 aromatic heterocycles. The number of carbonyl (C=O) groups is 1. The van der Waals surface area contributed by atoms with E-state index in [2.05, 4.69) is 0 Å². The number of carboxylic acids is 1. The van der Waals surface area contributed by atoms with Gasteiger partial charge in [-0.15, -0.1) is 0 Å². The van der Waals surface area contributed by atoms with Crippen LogP contribution >= 0.6 is 0 Å². The number of carboxylic acid groups (broad SMARTS) is 1. The fourth-order valence-corrected chi connectivity index (χ4v) is 3.58. The average Bonchev–Trinajstić information content (AvgIpc) is 2.24. The topological polar surface area (TPSA) is 77.9 Å². The maximum atomic E-state index is 12.4. The van der Waals surface area contributed by atoms with Crippen LogP contribution in [0.1, 0.15) is 40.5 Å². The lowest BCUT2D eigenvalue weighted by atomic mass is 10.4. The maximum Gasteiger partial charge on any atom is 0.318 e. The Labute approximate surface area is 110 Å². The Hall–Kier alpha value is -0.660. The Morgan fingerprint density at radius 3 is 1.89 bits per heavy atom. The molecule has 0 aliphatic rings. The molecule has 0 heterocycles. The van der Waals surface area contributed by atoms with Crippen LogP contribution in [-0.2, 0) is 15.0 Å². The van der Waals surface area contributed by atoms with Crippen molar-refractivity contribution in [1.29, 1.82) is 0 Å². The van der Waals surface area contributed by atoms with Crippen LogP contribution in [0.4, 0.5) is 0 Å². The Morgan fingerprint density at radius 2 is 1.61 bits per heavy atom. The number of hydrogen-bond acceptors (Lipinski definition) is 3. The molecule has 0 aromatic rings. The molecule has 0 atom stereocenters. The molecule has 0 amide bonds. The van der Waals surface area contributed by atoms with Gasteiger partial charge in [-0.1, -0.05) is 13.8 Å². The molecule has 0 radical (unpaired) electrons. The summed E-state index contributed by atoms with van der Waals surface area (Å²) >= 11 is 0. The van der Waals surface area contributed by atoms with Gasteiger partial charge in [-0.3, -0.25) is 4.79 Å². The normalized spacial score (nSPS) is 12.6. The molecule has 0 bridgehead atoms. The van der Waals surface area contributed by atoms with E-state index in [-0.39, 0.29) is 6.04 Å². The first-order valence-corrected chi connectivity index (χ1v) is 7.65. The van der Waals surface area contributed by atoms with Crippen LogP contribution in [0.5, 0.6) is 0 Å². The van der Waals surface area contributed by atoms with E-state index >= 15 is 0 Å². The molecule has 0 rings (SSSR count). The van der Waals surface area contributed by atoms with Crippen molar-refractivity contribution in [2.45, 2.75) is 46.6 Å². The lowest BCUT2D eigenvalue weighted by Gasteiger charge is -2.31. The molecule has 0 unspecified atom stereocenters. The highest BCUT2D eigenvalue weighted by Gasteiger charge is 2.32. The van der Waals surface area contributed by atoms with Crippen molar-refractivity contribution in [1.82, 2.24) is 8.61 Å². The second-order valence-electron chi connectivity index (χ2n) is 4.44. The Bertz CT molecular complexity index is 348. The van der Waals surface area contributed by atoms with Crippen molar-refractivity contribution in [3.05, 3.63) is 0 Å². The molecule has 0 saturated heterocycles. The van der Waals surface area contributed by atoms with Gasteiger partial charge in [0.25, 0.3) is 10.2 Å². The molecule has 0 fully saturated rings. The SMILES string of the molecule is CCCN(CCC)S(=O)(=O)N(CC(=O)O)C(C)C. The molecular formula is C11H24N2O4S. The third kappa shape index (κ3) is 4.91. The van der Waals surface area contributed by atoms with Crippen molar-refractivity contribution in [3.8, 4) is 0 Å². The summed E-state index contributed by atoms with van der Waals surface area (Å²) in [6.07, 6.45) is 1.41. The van der Waals surface area contributed by atoms with Gasteiger partial charge in [0.1, 0.15) is 6.54 Å². The van der Waals surface area contributed by atoms with Gasteiger partial charge >= 0.3 is 5.97 Å². The number of hydrogen-bond donors (Lipinski definition) is 1. The van der Waals surface area contributed by atoms with Gasteiger partial charge in [0, 0.05) is 19.1 Å². The van der Waals surface area contributed by atoms with Crippen LogP contribution < -0.4 is 0 Å². The molecule has 0 aliphatic carbocycles. The van der Waals surface area contributed by atoms with E-state index in [9.17, 15) is 13.2 Å². The Balaban J connectivity index is 5.17. The zero-order valence-corrected chi connectivity index (χ0v) is 12.4. The minimum Gasteiger partial charge on any atom is -0.480 e. The van der Waals surface area contributed by atoms with Crippen LogP contribution in [0.15, 0.2) is 0 Å². The molecule has 0 spiro atoms. The molecule has 0 aromatic carbocycles. The highest BCUT2D eigenvalue weighted by atomic mass is 32.2. The first-order valence-electron chi connectivity index (χ1n) is 6.26. The molecule has 18 heavy (non-hydrogen) atoms. The molecule has 6 nitrogen and oxygen atoms in total. The highest BCUT2D eigenvalue weighted by molar-refractivity contribution is 7.86. The third-order valence-electron chi connectivity index (χ3n) is 2.44. The molecule has 1 N–H and O–H groups in total. The standard InChI is InChI=1S/C11H24N2O4S/c1-5-7-12(8-6-2)18(16,17)13(10(3)4)9-11(14)15/h10H,5-9H2,1-4H3,(H,14,15). The largest absolute Gasteiger partial charge is 0.480 e.